The molecule has 0 radical (unpaired) electrons. The minimum Gasteiger partial charge on any atom is -0.358 e. The Hall–Kier alpha value is -0.570. The van der Waals surface area contributed by atoms with Gasteiger partial charge >= 0.3 is 0 Å². The predicted molar refractivity (Wildman–Crippen MR) is 51.2 cm³/mol. The highest BCUT2D eigenvalue weighted by Crippen LogP contribution is 2.28. The van der Waals surface area contributed by atoms with Crippen molar-refractivity contribution < 1.29 is 9.53 Å². The van der Waals surface area contributed by atoms with E-state index in [-0.39, 0.29) is 17.7 Å². The van der Waals surface area contributed by atoms with Crippen LogP contribution in [0.4, 0.5) is 0 Å². The van der Waals surface area contributed by atoms with Gasteiger partial charge in [-0.15, -0.1) is 0 Å². The third kappa shape index (κ3) is 2.02. The van der Waals surface area contributed by atoms with Crippen LogP contribution in [0.15, 0.2) is 0 Å². The molecular weight excluding hydrogens is 166 g/mol. The summed E-state index contributed by atoms with van der Waals surface area (Å²) in [6.07, 6.45) is 1.76. The fourth-order valence-electron chi connectivity index (χ4n) is 1.96. The van der Waals surface area contributed by atoms with Crippen LogP contribution in [-0.2, 0) is 9.53 Å². The molecule has 1 aliphatic heterocycles. The number of carbonyl (C=O) groups excluding carboxylic acids is 1. The van der Waals surface area contributed by atoms with Crippen LogP contribution in [0.2, 0.25) is 0 Å². The lowest BCUT2D eigenvalue weighted by atomic mass is 9.96. The number of amides is 1. The number of nitrogens with zero attached hydrogens (tertiary/aromatic N) is 1. The van der Waals surface area contributed by atoms with Crippen LogP contribution in [-0.4, -0.2) is 29.2 Å². The Kier molecular flexibility index (Phi) is 2.96. The summed E-state index contributed by atoms with van der Waals surface area (Å²) in [5, 5.41) is 0. The van der Waals surface area contributed by atoms with E-state index in [0.29, 0.717) is 0 Å². The van der Waals surface area contributed by atoms with Gasteiger partial charge in [0.25, 0.3) is 0 Å². The van der Waals surface area contributed by atoms with E-state index in [9.17, 15) is 4.79 Å². The van der Waals surface area contributed by atoms with Gasteiger partial charge < -0.3 is 9.64 Å². The molecule has 0 aromatic carbocycles. The van der Waals surface area contributed by atoms with E-state index in [2.05, 4.69) is 13.8 Å². The molecule has 0 bridgehead atoms. The molecule has 76 valence electrons. The van der Waals surface area contributed by atoms with Gasteiger partial charge in [-0.05, 0) is 26.7 Å². The van der Waals surface area contributed by atoms with E-state index in [1.54, 1.807) is 6.92 Å². The smallest absolute Gasteiger partial charge is 0.221 e. The molecule has 0 aliphatic carbocycles. The monoisotopic (exact) mass is 185 g/mol. The van der Waals surface area contributed by atoms with Crippen molar-refractivity contribution >= 4 is 5.91 Å². The van der Waals surface area contributed by atoms with Crippen molar-refractivity contribution in [2.45, 2.75) is 52.3 Å². The Balaban J connectivity index is 2.83. The van der Waals surface area contributed by atoms with Gasteiger partial charge in [0.2, 0.25) is 5.91 Å². The minimum atomic E-state index is -0.0508. The summed E-state index contributed by atoms with van der Waals surface area (Å²) in [6, 6.07) is 0. The molecule has 0 unspecified atom stereocenters. The molecule has 0 spiro atoms. The zero-order valence-electron chi connectivity index (χ0n) is 8.96. The summed E-state index contributed by atoms with van der Waals surface area (Å²) in [7, 11) is 0. The van der Waals surface area contributed by atoms with Crippen LogP contribution in [0.3, 0.4) is 0 Å². The van der Waals surface area contributed by atoms with E-state index in [1.807, 2.05) is 11.8 Å². The second kappa shape index (κ2) is 3.66. The molecule has 3 heteroatoms. The van der Waals surface area contributed by atoms with Gasteiger partial charge in [-0.2, -0.15) is 0 Å². The Morgan fingerprint density at radius 2 is 2.23 bits per heavy atom. The Bertz CT molecular complexity index is 201. The third-order valence-electron chi connectivity index (χ3n) is 2.65. The minimum absolute atomic E-state index is 0.0266. The molecule has 1 amide bonds. The lowest BCUT2D eigenvalue weighted by Crippen LogP contribution is -2.57. The molecular formula is C10H19NO2. The van der Waals surface area contributed by atoms with Crippen molar-refractivity contribution in [2.24, 2.45) is 0 Å². The Labute approximate surface area is 80.1 Å². The fourth-order valence-corrected chi connectivity index (χ4v) is 1.96. The van der Waals surface area contributed by atoms with Crippen molar-refractivity contribution in [1.29, 1.82) is 0 Å². The number of hydrogen-bond donors (Lipinski definition) is 0. The molecule has 1 aliphatic rings. The van der Waals surface area contributed by atoms with Gasteiger partial charge in [0.05, 0.1) is 6.61 Å². The Morgan fingerprint density at radius 1 is 1.62 bits per heavy atom. The first-order valence-electron chi connectivity index (χ1n) is 4.90. The van der Waals surface area contributed by atoms with Crippen molar-refractivity contribution in [3.63, 3.8) is 0 Å². The summed E-state index contributed by atoms with van der Waals surface area (Å²) >= 11 is 0. The van der Waals surface area contributed by atoms with Crippen molar-refractivity contribution in [2.75, 3.05) is 6.61 Å². The van der Waals surface area contributed by atoms with Crippen LogP contribution < -0.4 is 0 Å². The van der Waals surface area contributed by atoms with Gasteiger partial charge in [0.15, 0.2) is 0 Å². The summed E-state index contributed by atoms with van der Waals surface area (Å²) in [5.74, 6) is 0.108. The zero-order valence-corrected chi connectivity index (χ0v) is 8.96. The maximum Gasteiger partial charge on any atom is 0.221 e. The first kappa shape index (κ1) is 10.5. The van der Waals surface area contributed by atoms with Crippen molar-refractivity contribution in [3.8, 4) is 0 Å². The molecule has 0 aromatic heterocycles. The molecule has 1 atom stereocenters. The molecule has 13 heavy (non-hydrogen) atoms. The maximum absolute atomic E-state index is 11.4. The van der Waals surface area contributed by atoms with Gasteiger partial charge in [0, 0.05) is 12.5 Å². The normalized spacial score (nSPS) is 27.4. The maximum atomic E-state index is 11.4. The second-order valence-corrected chi connectivity index (χ2v) is 4.19. The van der Waals surface area contributed by atoms with Crippen LogP contribution in [0.1, 0.15) is 40.5 Å². The molecule has 0 saturated carbocycles. The lowest BCUT2D eigenvalue weighted by molar-refractivity contribution is -0.175. The van der Waals surface area contributed by atoms with Crippen LogP contribution in [0.25, 0.3) is 0 Å². The van der Waals surface area contributed by atoms with E-state index in [4.69, 9.17) is 4.74 Å². The van der Waals surface area contributed by atoms with E-state index >= 15 is 0 Å². The third-order valence-corrected chi connectivity index (χ3v) is 2.65. The van der Waals surface area contributed by atoms with Gasteiger partial charge in [-0.1, -0.05) is 6.92 Å². The summed E-state index contributed by atoms with van der Waals surface area (Å²) < 4.78 is 5.54. The Morgan fingerprint density at radius 3 is 2.62 bits per heavy atom. The van der Waals surface area contributed by atoms with Crippen LogP contribution in [0.5, 0.6) is 0 Å². The summed E-state index contributed by atoms with van der Waals surface area (Å²) in [5.41, 5.74) is -0.0508. The van der Waals surface area contributed by atoms with Crippen LogP contribution in [0, 0.1) is 0 Å². The molecule has 1 heterocycles. The fraction of sp³-hybridized carbons (Fsp3) is 0.900. The number of ether oxygens (including phenoxy) is 1. The molecule has 1 rings (SSSR count). The SMILES string of the molecule is CC[C@@H]1OCCC(C)(C)N1C(C)=O. The molecule has 1 fully saturated rings. The van der Waals surface area contributed by atoms with E-state index < -0.39 is 0 Å². The van der Waals surface area contributed by atoms with Crippen molar-refractivity contribution in [3.05, 3.63) is 0 Å². The topological polar surface area (TPSA) is 29.5 Å². The van der Waals surface area contributed by atoms with Crippen LogP contribution >= 0.6 is 0 Å². The van der Waals surface area contributed by atoms with E-state index in [1.165, 1.54) is 0 Å². The number of hydrogen-bond acceptors (Lipinski definition) is 2. The number of rotatable bonds is 1. The average molecular weight is 185 g/mol. The first-order chi connectivity index (χ1) is 5.99. The highest BCUT2D eigenvalue weighted by molar-refractivity contribution is 5.74. The average Bonchev–Trinajstić information content (AvgIpc) is 2.01. The molecule has 3 nitrogen and oxygen atoms in total. The lowest BCUT2D eigenvalue weighted by Gasteiger charge is -2.46. The highest BCUT2D eigenvalue weighted by Gasteiger charge is 2.37. The molecule has 1 saturated heterocycles. The van der Waals surface area contributed by atoms with Crippen molar-refractivity contribution in [1.82, 2.24) is 4.90 Å². The van der Waals surface area contributed by atoms with Gasteiger partial charge in [-0.25, -0.2) is 0 Å². The standard InChI is InChI=1S/C10H19NO2/c1-5-9-11(8(2)12)10(3,4)6-7-13-9/h9H,5-7H2,1-4H3/t9-/m0/s1. The second-order valence-electron chi connectivity index (χ2n) is 4.19. The van der Waals surface area contributed by atoms with E-state index in [0.717, 1.165) is 19.4 Å². The summed E-state index contributed by atoms with van der Waals surface area (Å²) in [4.78, 5) is 13.3. The highest BCUT2D eigenvalue weighted by atomic mass is 16.5. The predicted octanol–water partition coefficient (Wildman–Crippen LogP) is 1.77. The molecule has 0 aromatic rings. The van der Waals surface area contributed by atoms with Gasteiger partial charge in [0.1, 0.15) is 6.23 Å². The molecule has 0 N–H and O–H groups in total. The largest absolute Gasteiger partial charge is 0.358 e. The zero-order chi connectivity index (χ0) is 10.1. The number of carbonyl (C=O) groups is 1. The van der Waals surface area contributed by atoms with Gasteiger partial charge in [-0.3, -0.25) is 4.79 Å². The first-order valence-corrected chi connectivity index (χ1v) is 4.90. The quantitative estimate of drug-likeness (QED) is 0.623. The summed E-state index contributed by atoms with van der Waals surface area (Å²) in [6.45, 7) is 8.61.